The molecule has 2 amide bonds. The highest BCUT2D eigenvalue weighted by atomic mass is 32.1. The molecule has 0 aliphatic carbocycles. The molecule has 1 atom stereocenters. The van der Waals surface area contributed by atoms with E-state index < -0.39 is 18.0 Å². The minimum absolute atomic E-state index is 0.549. The van der Waals surface area contributed by atoms with Crippen LogP contribution in [0.3, 0.4) is 0 Å². The number of para-hydroxylation sites is 1. The maximum Gasteiger partial charge on any atom is 0.331 e. The summed E-state index contributed by atoms with van der Waals surface area (Å²) in [5, 5.41) is 15.9. The fourth-order valence-electron chi connectivity index (χ4n) is 1.53. The maximum absolute atomic E-state index is 11.7. The van der Waals surface area contributed by atoms with Crippen LogP contribution in [0.15, 0.2) is 47.8 Å². The van der Waals surface area contributed by atoms with Crippen LogP contribution in [0.4, 0.5) is 10.5 Å². The van der Waals surface area contributed by atoms with Crippen LogP contribution in [-0.2, 0) is 4.79 Å². The molecule has 1 aromatic heterocycles. The molecule has 0 fully saturated rings. The van der Waals surface area contributed by atoms with Crippen LogP contribution in [0.2, 0.25) is 0 Å². The molecule has 19 heavy (non-hydrogen) atoms. The van der Waals surface area contributed by atoms with Gasteiger partial charge in [0, 0.05) is 10.6 Å². The maximum atomic E-state index is 11.7. The van der Waals surface area contributed by atoms with Gasteiger partial charge < -0.3 is 15.7 Å². The molecule has 1 unspecified atom stereocenters. The van der Waals surface area contributed by atoms with Crippen molar-refractivity contribution in [3.8, 4) is 0 Å². The summed E-state index contributed by atoms with van der Waals surface area (Å²) in [6, 6.07) is 10.7. The Morgan fingerprint density at radius 3 is 2.42 bits per heavy atom. The Balaban J connectivity index is 2.02. The first-order valence-electron chi connectivity index (χ1n) is 5.55. The average molecular weight is 276 g/mol. The molecule has 0 saturated heterocycles. The van der Waals surface area contributed by atoms with Gasteiger partial charge in [-0.05, 0) is 23.6 Å². The van der Waals surface area contributed by atoms with E-state index in [1.807, 2.05) is 6.07 Å². The lowest BCUT2D eigenvalue weighted by Gasteiger charge is -2.13. The van der Waals surface area contributed by atoms with E-state index in [-0.39, 0.29) is 0 Å². The van der Waals surface area contributed by atoms with E-state index in [4.69, 9.17) is 5.11 Å². The summed E-state index contributed by atoms with van der Waals surface area (Å²) in [5.74, 6) is -1.09. The van der Waals surface area contributed by atoms with Crippen LogP contribution in [0, 0.1) is 0 Å². The third kappa shape index (κ3) is 3.56. The molecule has 1 heterocycles. The zero-order valence-electron chi connectivity index (χ0n) is 9.87. The van der Waals surface area contributed by atoms with Gasteiger partial charge in [-0.3, -0.25) is 0 Å². The van der Waals surface area contributed by atoms with E-state index in [2.05, 4.69) is 10.6 Å². The van der Waals surface area contributed by atoms with Crippen LogP contribution in [-0.4, -0.2) is 17.1 Å². The van der Waals surface area contributed by atoms with Crippen LogP contribution in [0.5, 0.6) is 0 Å². The number of anilines is 1. The lowest BCUT2D eigenvalue weighted by molar-refractivity contribution is -0.139. The third-order valence-corrected chi connectivity index (χ3v) is 3.32. The van der Waals surface area contributed by atoms with Crippen molar-refractivity contribution < 1.29 is 14.7 Å². The zero-order valence-corrected chi connectivity index (χ0v) is 10.7. The number of hydrogen-bond acceptors (Lipinski definition) is 3. The van der Waals surface area contributed by atoms with Gasteiger partial charge in [-0.2, -0.15) is 0 Å². The van der Waals surface area contributed by atoms with E-state index in [0.717, 1.165) is 0 Å². The molecule has 98 valence electrons. The minimum atomic E-state index is -1.09. The van der Waals surface area contributed by atoms with Crippen molar-refractivity contribution >= 4 is 29.0 Å². The number of carboxylic acid groups (broad SMARTS) is 1. The number of thiophene rings is 1. The van der Waals surface area contributed by atoms with Gasteiger partial charge in [-0.1, -0.05) is 24.3 Å². The van der Waals surface area contributed by atoms with Gasteiger partial charge in [0.2, 0.25) is 0 Å². The van der Waals surface area contributed by atoms with Crippen molar-refractivity contribution in [3.63, 3.8) is 0 Å². The fraction of sp³-hybridized carbons (Fsp3) is 0.0769. The second-order valence-corrected chi connectivity index (χ2v) is 4.73. The van der Waals surface area contributed by atoms with Crippen molar-refractivity contribution in [2.75, 3.05) is 5.32 Å². The van der Waals surface area contributed by atoms with E-state index >= 15 is 0 Å². The molecule has 3 N–H and O–H groups in total. The Morgan fingerprint density at radius 2 is 1.84 bits per heavy atom. The molecule has 2 rings (SSSR count). The Hall–Kier alpha value is -2.34. The molecule has 0 aliphatic heterocycles. The van der Waals surface area contributed by atoms with E-state index in [9.17, 15) is 9.59 Å². The van der Waals surface area contributed by atoms with Gasteiger partial charge in [0.15, 0.2) is 6.04 Å². The van der Waals surface area contributed by atoms with Gasteiger partial charge in [-0.25, -0.2) is 9.59 Å². The summed E-state index contributed by atoms with van der Waals surface area (Å²) in [6.07, 6.45) is 0. The van der Waals surface area contributed by atoms with E-state index in [1.165, 1.54) is 11.3 Å². The summed E-state index contributed by atoms with van der Waals surface area (Å²) < 4.78 is 0. The number of carbonyl (C=O) groups is 2. The third-order valence-electron chi connectivity index (χ3n) is 2.38. The molecule has 2 aromatic rings. The van der Waals surface area contributed by atoms with Gasteiger partial charge in [-0.15, -0.1) is 11.3 Å². The van der Waals surface area contributed by atoms with Crippen LogP contribution in [0.25, 0.3) is 0 Å². The van der Waals surface area contributed by atoms with Crippen molar-refractivity contribution in [2.45, 2.75) is 6.04 Å². The smallest absolute Gasteiger partial charge is 0.331 e. The topological polar surface area (TPSA) is 78.4 Å². The highest BCUT2D eigenvalue weighted by Crippen LogP contribution is 2.19. The lowest BCUT2D eigenvalue weighted by Crippen LogP contribution is -2.36. The number of rotatable bonds is 4. The number of carboxylic acids is 1. The highest BCUT2D eigenvalue weighted by Gasteiger charge is 2.22. The predicted octanol–water partition coefficient (Wildman–Crippen LogP) is 2.70. The van der Waals surface area contributed by atoms with Crippen LogP contribution >= 0.6 is 11.3 Å². The van der Waals surface area contributed by atoms with Crippen LogP contribution in [0.1, 0.15) is 10.9 Å². The minimum Gasteiger partial charge on any atom is -0.479 e. The first-order chi connectivity index (χ1) is 9.16. The second-order valence-electron chi connectivity index (χ2n) is 3.75. The SMILES string of the molecule is O=C(Nc1ccccc1)NC(C(=O)O)c1cccs1. The first kappa shape index (κ1) is 13.1. The van der Waals surface area contributed by atoms with Gasteiger partial charge in [0.05, 0.1) is 0 Å². The summed E-state index contributed by atoms with van der Waals surface area (Å²) in [7, 11) is 0. The normalized spacial score (nSPS) is 11.6. The summed E-state index contributed by atoms with van der Waals surface area (Å²) in [4.78, 5) is 23.5. The number of carbonyl (C=O) groups excluding carboxylic acids is 1. The first-order valence-corrected chi connectivity index (χ1v) is 6.43. The Kier molecular flexibility index (Phi) is 4.15. The molecule has 5 nitrogen and oxygen atoms in total. The van der Waals surface area contributed by atoms with Gasteiger partial charge >= 0.3 is 12.0 Å². The van der Waals surface area contributed by atoms with Crippen LogP contribution < -0.4 is 10.6 Å². The average Bonchev–Trinajstić information content (AvgIpc) is 2.90. The molecule has 0 saturated carbocycles. The Labute approximate surface area is 113 Å². The van der Waals surface area contributed by atoms with Crippen molar-refractivity contribution in [3.05, 3.63) is 52.7 Å². The second kappa shape index (κ2) is 6.01. The number of urea groups is 1. The fourth-order valence-corrected chi connectivity index (χ4v) is 2.30. The molecule has 0 aliphatic rings. The number of hydrogen-bond donors (Lipinski definition) is 3. The number of amides is 2. The number of nitrogens with one attached hydrogen (secondary N) is 2. The van der Waals surface area contributed by atoms with E-state index in [1.54, 1.807) is 41.8 Å². The molecule has 0 bridgehead atoms. The molecular formula is C13H12N2O3S. The van der Waals surface area contributed by atoms with Crippen molar-refractivity contribution in [1.82, 2.24) is 5.32 Å². The standard InChI is InChI=1S/C13H12N2O3S/c16-12(17)11(10-7-4-8-19-10)15-13(18)14-9-5-2-1-3-6-9/h1-8,11H,(H,16,17)(H2,14,15,18). The quantitative estimate of drug-likeness (QED) is 0.803. The Morgan fingerprint density at radius 1 is 1.11 bits per heavy atom. The van der Waals surface area contributed by atoms with Gasteiger partial charge in [0.1, 0.15) is 0 Å². The highest BCUT2D eigenvalue weighted by molar-refractivity contribution is 7.10. The monoisotopic (exact) mass is 276 g/mol. The summed E-state index contributed by atoms with van der Waals surface area (Å²) in [5.41, 5.74) is 0.607. The number of aliphatic carboxylic acids is 1. The van der Waals surface area contributed by atoms with E-state index in [0.29, 0.717) is 10.6 Å². The van der Waals surface area contributed by atoms with Crippen molar-refractivity contribution in [2.24, 2.45) is 0 Å². The summed E-state index contributed by atoms with van der Waals surface area (Å²) >= 11 is 1.28. The van der Waals surface area contributed by atoms with Crippen molar-refractivity contribution in [1.29, 1.82) is 0 Å². The molecule has 1 aromatic carbocycles. The molecule has 6 heteroatoms. The molecular weight excluding hydrogens is 264 g/mol. The largest absolute Gasteiger partial charge is 0.479 e. The predicted molar refractivity (Wildman–Crippen MR) is 73.3 cm³/mol. The zero-order chi connectivity index (χ0) is 13.7. The summed E-state index contributed by atoms with van der Waals surface area (Å²) in [6.45, 7) is 0. The number of benzene rings is 1. The molecule has 0 radical (unpaired) electrons. The lowest BCUT2D eigenvalue weighted by atomic mass is 10.2. The van der Waals surface area contributed by atoms with Gasteiger partial charge in [0.25, 0.3) is 0 Å². The molecule has 0 spiro atoms. The Bertz CT molecular complexity index is 555.